The van der Waals surface area contributed by atoms with Gasteiger partial charge in [-0.1, -0.05) is 30.0 Å². The minimum atomic E-state index is -0.662. The highest BCUT2D eigenvalue weighted by atomic mass is 32.2. The van der Waals surface area contributed by atoms with Crippen LogP contribution in [0.15, 0.2) is 42.1 Å². The van der Waals surface area contributed by atoms with Crippen molar-refractivity contribution in [1.29, 1.82) is 0 Å². The van der Waals surface area contributed by atoms with E-state index in [4.69, 9.17) is 14.2 Å². The summed E-state index contributed by atoms with van der Waals surface area (Å²) in [6.45, 7) is 9.68. The van der Waals surface area contributed by atoms with Crippen molar-refractivity contribution in [2.75, 3.05) is 25.3 Å². The van der Waals surface area contributed by atoms with Gasteiger partial charge >= 0.3 is 11.9 Å². The number of ether oxygens (including phenoxy) is 3. The number of hydrogen-bond acceptors (Lipinski definition) is 10. The van der Waals surface area contributed by atoms with Crippen molar-refractivity contribution in [2.24, 2.45) is 0 Å². The molecule has 0 bridgehead atoms. The zero-order valence-electron chi connectivity index (χ0n) is 21.2. The Morgan fingerprint density at radius 3 is 2.57 bits per heavy atom. The van der Waals surface area contributed by atoms with Gasteiger partial charge in [0.1, 0.15) is 15.6 Å². The number of carbonyl (C=O) groups excluding carboxylic acids is 3. The predicted octanol–water partition coefficient (Wildman–Crippen LogP) is 4.59. The van der Waals surface area contributed by atoms with Crippen LogP contribution in [0.5, 0.6) is 5.75 Å². The molecule has 0 saturated heterocycles. The van der Waals surface area contributed by atoms with Crippen molar-refractivity contribution in [2.45, 2.75) is 38.6 Å². The summed E-state index contributed by atoms with van der Waals surface area (Å²) in [5, 5.41) is 12.0. The molecule has 37 heavy (non-hydrogen) atoms. The Bertz CT molecular complexity index is 1320. The molecule has 0 aliphatic heterocycles. The number of carbonyl (C=O) groups is 3. The maximum atomic E-state index is 12.8. The lowest BCUT2D eigenvalue weighted by Crippen LogP contribution is -2.17. The molecule has 2 heterocycles. The smallest absolute Gasteiger partial charge is 0.348 e. The summed E-state index contributed by atoms with van der Waals surface area (Å²) in [6.07, 6.45) is 1.31. The minimum absolute atomic E-state index is 0.0203. The van der Waals surface area contributed by atoms with Crippen molar-refractivity contribution < 1.29 is 28.6 Å². The molecular weight excluding hydrogens is 516 g/mol. The van der Waals surface area contributed by atoms with Crippen molar-refractivity contribution in [3.8, 4) is 5.75 Å². The van der Waals surface area contributed by atoms with E-state index in [0.29, 0.717) is 28.8 Å². The van der Waals surface area contributed by atoms with Gasteiger partial charge in [0.05, 0.1) is 25.5 Å². The quantitative estimate of drug-likeness (QED) is 0.210. The van der Waals surface area contributed by atoms with Crippen molar-refractivity contribution >= 4 is 45.9 Å². The Hall–Kier alpha value is -3.64. The van der Waals surface area contributed by atoms with Crippen LogP contribution in [0.3, 0.4) is 0 Å². The summed E-state index contributed by atoms with van der Waals surface area (Å²) in [4.78, 5) is 37.4. The predicted molar refractivity (Wildman–Crippen MR) is 142 cm³/mol. The van der Waals surface area contributed by atoms with Gasteiger partial charge in [-0.25, -0.2) is 9.59 Å². The number of aromatic nitrogens is 3. The van der Waals surface area contributed by atoms with Gasteiger partial charge in [0.2, 0.25) is 5.91 Å². The first-order valence-corrected chi connectivity index (χ1v) is 13.0. The van der Waals surface area contributed by atoms with E-state index in [9.17, 15) is 14.4 Å². The Labute approximate surface area is 223 Å². The van der Waals surface area contributed by atoms with Crippen LogP contribution < -0.4 is 10.1 Å². The van der Waals surface area contributed by atoms with Crippen molar-refractivity contribution in [3.05, 3.63) is 64.3 Å². The summed E-state index contributed by atoms with van der Waals surface area (Å²) >= 11 is 2.13. The third-order valence-corrected chi connectivity index (χ3v) is 7.37. The highest BCUT2D eigenvalue weighted by molar-refractivity contribution is 7.99. The highest BCUT2D eigenvalue weighted by Crippen LogP contribution is 2.34. The number of thioether (sulfide) groups is 1. The van der Waals surface area contributed by atoms with Crippen LogP contribution in [0, 0.1) is 13.8 Å². The van der Waals surface area contributed by atoms with Gasteiger partial charge in [-0.3, -0.25) is 9.36 Å². The molecule has 0 aliphatic rings. The Morgan fingerprint density at radius 2 is 1.92 bits per heavy atom. The second-order valence-corrected chi connectivity index (χ2v) is 9.86. The van der Waals surface area contributed by atoms with Gasteiger partial charge in [0.15, 0.2) is 17.1 Å². The van der Waals surface area contributed by atoms with E-state index in [1.807, 2.05) is 42.7 Å². The van der Waals surface area contributed by atoms with E-state index in [0.717, 1.165) is 16.9 Å². The highest BCUT2D eigenvalue weighted by Gasteiger charge is 2.27. The largest absolute Gasteiger partial charge is 0.483 e. The van der Waals surface area contributed by atoms with Gasteiger partial charge in [-0.15, -0.1) is 28.1 Å². The molecule has 1 amide bonds. The number of methoxy groups -OCH3 is 2. The lowest BCUT2D eigenvalue weighted by molar-refractivity contribution is -0.113. The summed E-state index contributed by atoms with van der Waals surface area (Å²) in [7, 11) is 2.47. The van der Waals surface area contributed by atoms with Crippen LogP contribution in [-0.2, 0) is 20.8 Å². The molecule has 10 nitrogen and oxygen atoms in total. The normalized spacial score (nSPS) is 11.5. The number of nitrogens with zero attached hydrogens (tertiary/aromatic N) is 3. The fourth-order valence-corrected chi connectivity index (χ4v) is 5.37. The molecule has 1 atom stereocenters. The van der Waals surface area contributed by atoms with Gasteiger partial charge in [-0.2, -0.15) is 0 Å². The lowest BCUT2D eigenvalue weighted by atomic mass is 10.1. The molecule has 1 unspecified atom stereocenters. The number of benzene rings is 1. The first-order chi connectivity index (χ1) is 17.7. The number of rotatable bonds is 11. The van der Waals surface area contributed by atoms with Crippen molar-refractivity contribution in [3.63, 3.8) is 0 Å². The average molecular weight is 545 g/mol. The topological polar surface area (TPSA) is 122 Å². The zero-order valence-corrected chi connectivity index (χ0v) is 22.8. The summed E-state index contributed by atoms with van der Waals surface area (Å²) in [5.41, 5.74) is 1.57. The number of esters is 2. The maximum Gasteiger partial charge on any atom is 0.348 e. The fourth-order valence-electron chi connectivity index (χ4n) is 3.48. The third-order valence-electron chi connectivity index (χ3n) is 5.22. The molecule has 0 saturated carbocycles. The van der Waals surface area contributed by atoms with Gasteiger partial charge in [0, 0.05) is 6.54 Å². The molecule has 0 fully saturated rings. The maximum absolute atomic E-state index is 12.8. The van der Waals surface area contributed by atoms with E-state index in [1.165, 1.54) is 26.0 Å². The Morgan fingerprint density at radius 1 is 1.19 bits per heavy atom. The minimum Gasteiger partial charge on any atom is -0.483 e. The molecule has 3 aromatic rings. The molecule has 3 rings (SSSR count). The molecule has 0 radical (unpaired) electrons. The second kappa shape index (κ2) is 12.5. The number of thiophene rings is 1. The second-order valence-electron chi connectivity index (χ2n) is 7.90. The van der Waals surface area contributed by atoms with Crippen LogP contribution in [0.4, 0.5) is 5.00 Å². The molecule has 2 aromatic heterocycles. The van der Waals surface area contributed by atoms with Gasteiger partial charge < -0.3 is 19.5 Å². The van der Waals surface area contributed by atoms with Crippen molar-refractivity contribution in [1.82, 2.24) is 14.8 Å². The summed E-state index contributed by atoms with van der Waals surface area (Å²) in [5.74, 6) is -0.374. The Balaban J connectivity index is 1.75. The monoisotopic (exact) mass is 544 g/mol. The van der Waals surface area contributed by atoms with Crippen LogP contribution >= 0.6 is 23.1 Å². The number of anilines is 1. The summed E-state index contributed by atoms with van der Waals surface area (Å²) in [6, 6.07) is 7.71. The SMILES string of the molecule is C=CCn1c(SCC(=O)Nc2sc(C(=O)OC)c(C)c2C(=O)OC)nnc1C(C)Oc1cccc(C)c1. The van der Waals surface area contributed by atoms with E-state index in [-0.39, 0.29) is 21.2 Å². The van der Waals surface area contributed by atoms with Gasteiger partial charge in [-0.05, 0) is 44.0 Å². The van der Waals surface area contributed by atoms with E-state index in [1.54, 1.807) is 13.0 Å². The number of aryl methyl sites for hydroxylation is 1. The average Bonchev–Trinajstić information content (AvgIpc) is 3.42. The number of nitrogens with one attached hydrogen (secondary N) is 1. The zero-order chi connectivity index (χ0) is 27.1. The number of hydrogen-bond donors (Lipinski definition) is 1. The molecule has 196 valence electrons. The summed E-state index contributed by atoms with van der Waals surface area (Å²) < 4.78 is 17.5. The standard InChI is InChI=1S/C25H28N4O6S2/c1-7-11-29-21(16(4)35-17-10-8-9-14(2)12-17)27-28-25(29)36-13-18(30)26-22-19(23(31)33-5)15(3)20(37-22)24(32)34-6/h7-10,12,16H,1,11,13H2,2-6H3,(H,26,30). The molecule has 12 heteroatoms. The third kappa shape index (κ3) is 6.57. The molecule has 1 aromatic carbocycles. The van der Waals surface area contributed by atoms with Crippen LogP contribution in [0.1, 0.15) is 50.0 Å². The van der Waals surface area contributed by atoms with Crippen LogP contribution in [-0.4, -0.2) is 52.6 Å². The first-order valence-electron chi connectivity index (χ1n) is 11.2. The van der Waals surface area contributed by atoms with E-state index in [2.05, 4.69) is 22.1 Å². The molecule has 1 N–H and O–H groups in total. The van der Waals surface area contributed by atoms with Crippen LogP contribution in [0.2, 0.25) is 0 Å². The number of amides is 1. The molecular formula is C25H28N4O6S2. The molecule has 0 spiro atoms. The number of allylic oxidation sites excluding steroid dienone is 1. The molecule has 0 aliphatic carbocycles. The van der Waals surface area contributed by atoms with E-state index >= 15 is 0 Å². The Kier molecular flexibility index (Phi) is 9.48. The van der Waals surface area contributed by atoms with Gasteiger partial charge in [0.25, 0.3) is 0 Å². The van der Waals surface area contributed by atoms with E-state index < -0.39 is 23.9 Å². The first kappa shape index (κ1) is 27.9. The van der Waals surface area contributed by atoms with Crippen LogP contribution in [0.25, 0.3) is 0 Å². The lowest BCUT2D eigenvalue weighted by Gasteiger charge is -2.16. The fraction of sp³-hybridized carbons (Fsp3) is 0.320.